The Balaban J connectivity index is 1.35. The number of fused-ring (bicyclic) bond motifs is 2. The quantitative estimate of drug-likeness (QED) is 0.0932. The van der Waals surface area contributed by atoms with E-state index in [1.54, 1.807) is 0 Å². The van der Waals surface area contributed by atoms with Crippen LogP contribution in [0.2, 0.25) is 0 Å². The standard InChI is InChI=1S/C38H42S2/c1-3-5-7-9-11-29-13-17-31(18-14-29)21-23-33-35-25-27-40-38(35)34(36-26-28-39-37(33)36)24-22-32-19-15-30(16-20-32)12-10-8-6-4-2/h13-28H,3-12H2,1-2H3. The molecule has 0 bridgehead atoms. The zero-order valence-corrected chi connectivity index (χ0v) is 25.8. The first-order valence-corrected chi connectivity index (χ1v) is 17.0. The molecular formula is C38H42S2. The van der Waals surface area contributed by atoms with Crippen molar-refractivity contribution in [2.45, 2.75) is 78.1 Å². The molecule has 3 aromatic carbocycles. The fraction of sp³-hybridized carbons (Fsp3) is 0.316. The molecule has 2 aromatic heterocycles. The highest BCUT2D eigenvalue weighted by atomic mass is 32.1. The fourth-order valence-electron chi connectivity index (χ4n) is 5.50. The van der Waals surface area contributed by atoms with Gasteiger partial charge in [-0.2, -0.15) is 0 Å². The SMILES string of the molecule is CCCCCCc1ccc(C=Cc2c3ccsc3c(C=Cc3ccc(CCCCCC)cc3)c3ccsc23)cc1. The van der Waals surface area contributed by atoms with Crippen LogP contribution in [0.4, 0.5) is 0 Å². The van der Waals surface area contributed by atoms with Gasteiger partial charge in [0.1, 0.15) is 0 Å². The van der Waals surface area contributed by atoms with Crippen LogP contribution in [-0.4, -0.2) is 0 Å². The zero-order chi connectivity index (χ0) is 27.6. The largest absolute Gasteiger partial charge is 0.143 e. The van der Waals surface area contributed by atoms with Gasteiger partial charge in [0.05, 0.1) is 0 Å². The molecule has 0 unspecified atom stereocenters. The lowest BCUT2D eigenvalue weighted by molar-refractivity contribution is 0.667. The molecular weight excluding hydrogens is 521 g/mol. The van der Waals surface area contributed by atoms with Crippen LogP contribution in [0.5, 0.6) is 0 Å². The van der Waals surface area contributed by atoms with Crippen LogP contribution in [0.15, 0.2) is 71.4 Å². The molecule has 0 aliphatic carbocycles. The minimum Gasteiger partial charge on any atom is -0.143 e. The highest BCUT2D eigenvalue weighted by Gasteiger charge is 2.13. The van der Waals surface area contributed by atoms with Gasteiger partial charge in [0.15, 0.2) is 0 Å². The Morgan fingerprint density at radius 2 is 0.900 bits per heavy atom. The smallest absolute Gasteiger partial charge is 0.0428 e. The molecule has 2 heterocycles. The van der Waals surface area contributed by atoms with Crippen molar-refractivity contribution < 1.29 is 0 Å². The van der Waals surface area contributed by atoms with Crippen LogP contribution >= 0.6 is 22.7 Å². The van der Waals surface area contributed by atoms with Crippen molar-refractivity contribution in [1.29, 1.82) is 0 Å². The molecule has 0 radical (unpaired) electrons. The molecule has 40 heavy (non-hydrogen) atoms. The normalized spacial score (nSPS) is 12.1. The highest BCUT2D eigenvalue weighted by Crippen LogP contribution is 2.40. The molecule has 0 aliphatic rings. The minimum atomic E-state index is 1.19. The van der Waals surface area contributed by atoms with Gasteiger partial charge in [-0.25, -0.2) is 0 Å². The number of benzene rings is 3. The Kier molecular flexibility index (Phi) is 10.4. The van der Waals surface area contributed by atoms with Crippen LogP contribution in [-0.2, 0) is 12.8 Å². The predicted octanol–water partition coefficient (Wildman–Crippen LogP) is 12.7. The van der Waals surface area contributed by atoms with Gasteiger partial charge >= 0.3 is 0 Å². The maximum atomic E-state index is 2.33. The monoisotopic (exact) mass is 562 g/mol. The number of hydrogen-bond acceptors (Lipinski definition) is 2. The first-order chi connectivity index (χ1) is 19.8. The number of unbranched alkanes of at least 4 members (excludes halogenated alkanes) is 6. The average Bonchev–Trinajstić information content (AvgIpc) is 3.67. The molecule has 0 spiro atoms. The molecule has 206 valence electrons. The van der Waals surface area contributed by atoms with Crippen molar-refractivity contribution in [3.63, 3.8) is 0 Å². The van der Waals surface area contributed by atoms with E-state index in [2.05, 4.69) is 110 Å². The molecule has 0 nitrogen and oxygen atoms in total. The maximum absolute atomic E-state index is 2.33. The van der Waals surface area contributed by atoms with E-state index >= 15 is 0 Å². The third kappa shape index (κ3) is 7.22. The third-order valence-corrected chi connectivity index (χ3v) is 9.78. The van der Waals surface area contributed by atoms with Crippen LogP contribution in [0.25, 0.3) is 44.5 Å². The molecule has 0 saturated carbocycles. The van der Waals surface area contributed by atoms with E-state index in [1.165, 1.54) is 118 Å². The van der Waals surface area contributed by atoms with Gasteiger partial charge in [0, 0.05) is 31.3 Å². The van der Waals surface area contributed by atoms with Crippen LogP contribution in [0.1, 0.15) is 98.6 Å². The number of aryl methyl sites for hydroxylation is 2. The van der Waals surface area contributed by atoms with Crippen LogP contribution < -0.4 is 0 Å². The van der Waals surface area contributed by atoms with Crippen LogP contribution in [0.3, 0.4) is 0 Å². The average molecular weight is 563 g/mol. The van der Waals surface area contributed by atoms with E-state index < -0.39 is 0 Å². The van der Waals surface area contributed by atoms with Crippen LogP contribution in [0, 0.1) is 0 Å². The van der Waals surface area contributed by atoms with E-state index in [4.69, 9.17) is 0 Å². The summed E-state index contributed by atoms with van der Waals surface area (Å²) in [7, 11) is 0. The summed E-state index contributed by atoms with van der Waals surface area (Å²) in [6, 6.07) is 22.9. The summed E-state index contributed by atoms with van der Waals surface area (Å²) < 4.78 is 2.74. The van der Waals surface area contributed by atoms with Gasteiger partial charge in [0.25, 0.3) is 0 Å². The van der Waals surface area contributed by atoms with Gasteiger partial charge in [-0.05, 0) is 70.8 Å². The van der Waals surface area contributed by atoms with E-state index in [1.807, 2.05) is 22.7 Å². The van der Waals surface area contributed by atoms with Crippen molar-refractivity contribution in [2.24, 2.45) is 0 Å². The number of rotatable bonds is 14. The van der Waals surface area contributed by atoms with E-state index in [9.17, 15) is 0 Å². The first-order valence-electron chi connectivity index (χ1n) is 15.2. The minimum absolute atomic E-state index is 1.19. The van der Waals surface area contributed by atoms with Gasteiger partial charge < -0.3 is 0 Å². The molecule has 0 fully saturated rings. The Morgan fingerprint density at radius 3 is 1.30 bits per heavy atom. The Hall–Kier alpha value is -2.94. The van der Waals surface area contributed by atoms with Crippen molar-refractivity contribution in [1.82, 2.24) is 0 Å². The second-order valence-electron chi connectivity index (χ2n) is 10.9. The molecule has 0 saturated heterocycles. The van der Waals surface area contributed by atoms with Crippen molar-refractivity contribution >= 4 is 67.1 Å². The molecule has 5 aromatic rings. The first kappa shape index (κ1) is 28.6. The van der Waals surface area contributed by atoms with Crippen molar-refractivity contribution in [2.75, 3.05) is 0 Å². The summed E-state index contributed by atoms with van der Waals surface area (Å²) in [5.74, 6) is 0. The van der Waals surface area contributed by atoms with Crippen molar-refractivity contribution in [3.8, 4) is 0 Å². The Bertz CT molecular complexity index is 1380. The summed E-state index contributed by atoms with van der Waals surface area (Å²) in [5, 5.41) is 7.18. The molecule has 5 rings (SSSR count). The summed E-state index contributed by atoms with van der Waals surface area (Å²) in [4.78, 5) is 0. The van der Waals surface area contributed by atoms with Gasteiger partial charge in [-0.1, -0.05) is 125 Å². The summed E-state index contributed by atoms with van der Waals surface area (Å²) in [6.07, 6.45) is 22.1. The maximum Gasteiger partial charge on any atom is 0.0428 e. The topological polar surface area (TPSA) is 0 Å². The van der Waals surface area contributed by atoms with E-state index in [0.717, 1.165) is 0 Å². The predicted molar refractivity (Wildman–Crippen MR) is 184 cm³/mol. The lowest BCUT2D eigenvalue weighted by atomic mass is 9.99. The lowest BCUT2D eigenvalue weighted by Gasteiger charge is -2.07. The summed E-state index contributed by atoms with van der Waals surface area (Å²) >= 11 is 3.70. The summed E-state index contributed by atoms with van der Waals surface area (Å²) in [6.45, 7) is 4.55. The molecule has 0 atom stereocenters. The van der Waals surface area contributed by atoms with E-state index in [0.29, 0.717) is 0 Å². The Labute approximate surface area is 249 Å². The Morgan fingerprint density at radius 1 is 0.475 bits per heavy atom. The second kappa shape index (κ2) is 14.6. The van der Waals surface area contributed by atoms with Gasteiger partial charge in [0.2, 0.25) is 0 Å². The van der Waals surface area contributed by atoms with Gasteiger partial charge in [-0.15, -0.1) is 22.7 Å². The third-order valence-electron chi connectivity index (χ3n) is 7.88. The zero-order valence-electron chi connectivity index (χ0n) is 24.1. The van der Waals surface area contributed by atoms with Crippen molar-refractivity contribution in [3.05, 3.63) is 105 Å². The number of hydrogen-bond donors (Lipinski definition) is 0. The molecule has 0 amide bonds. The lowest BCUT2D eigenvalue weighted by Crippen LogP contribution is -1.86. The highest BCUT2D eigenvalue weighted by molar-refractivity contribution is 7.19. The summed E-state index contributed by atoms with van der Waals surface area (Å²) in [5.41, 5.74) is 8.12. The second-order valence-corrected chi connectivity index (χ2v) is 12.8. The molecule has 0 N–H and O–H groups in total. The fourth-order valence-corrected chi connectivity index (χ4v) is 7.40. The van der Waals surface area contributed by atoms with Gasteiger partial charge in [-0.3, -0.25) is 0 Å². The molecule has 2 heteroatoms. The van der Waals surface area contributed by atoms with E-state index in [-0.39, 0.29) is 0 Å². The number of thiophene rings is 2. The molecule has 0 aliphatic heterocycles.